The highest BCUT2D eigenvalue weighted by molar-refractivity contribution is 5.73. The predicted molar refractivity (Wildman–Crippen MR) is 158 cm³/mol. The van der Waals surface area contributed by atoms with Crippen molar-refractivity contribution in [3.05, 3.63) is 0 Å². The number of ether oxygens (including phenoxy) is 5. The highest BCUT2D eigenvalue weighted by atomic mass is 16.6. The smallest absolute Gasteiger partial charge is 0.335 e. The summed E-state index contributed by atoms with van der Waals surface area (Å²) in [6.45, 7) is 2.76. The molecule has 0 aromatic heterocycles. The summed E-state index contributed by atoms with van der Waals surface area (Å²) in [6, 6.07) is -1.18. The van der Waals surface area contributed by atoms with E-state index in [1.54, 1.807) is 13.8 Å². The minimum absolute atomic E-state index is 0.0391. The Morgan fingerprint density at radius 3 is 1.91 bits per heavy atom. The summed E-state index contributed by atoms with van der Waals surface area (Å²) in [6.07, 6.45) is -4.16. The van der Waals surface area contributed by atoms with Crippen LogP contribution in [-0.2, 0) is 38.1 Å². The van der Waals surface area contributed by atoms with Gasteiger partial charge in [0, 0.05) is 21.1 Å². The van der Waals surface area contributed by atoms with E-state index in [0.29, 0.717) is 24.2 Å². The summed E-state index contributed by atoms with van der Waals surface area (Å²) in [5, 5.41) is 54.9. The number of esters is 1. The summed E-state index contributed by atoms with van der Waals surface area (Å²) in [4.78, 5) is 36.6. The predicted octanol–water partition coefficient (Wildman–Crippen LogP) is 0.00920. The standard InChI is InChI=1S/C31H53NO13/c1-16(2)45-28(29(42-5)30(39)40)25(37)22(35)14-44-27(21(13-33)32-17(3)34)26(38)23(41-4)15-43-24(36)12-31-9-18-6-19(10-31)8-20(7-18)11-31/h16,18-23,25-29,33,35,37-38H,6-15H2,1-5H3,(H,32,34)(H,39,40)/t18?,19?,20?,21-,22-,23?,25?,26?,27?,28?,29?,31?/m1/s1. The second-order valence-corrected chi connectivity index (χ2v) is 13.5. The summed E-state index contributed by atoms with van der Waals surface area (Å²) in [5.74, 6) is -0.331. The Kier molecular flexibility index (Phi) is 14.0. The van der Waals surface area contributed by atoms with Crippen LogP contribution >= 0.6 is 0 Å². The molecule has 4 fully saturated rings. The van der Waals surface area contributed by atoms with Gasteiger partial charge in [0.2, 0.25) is 5.91 Å². The van der Waals surface area contributed by atoms with Crippen molar-refractivity contribution < 1.29 is 63.6 Å². The van der Waals surface area contributed by atoms with Crippen molar-refractivity contribution in [1.29, 1.82) is 0 Å². The number of carboxylic acids is 1. The van der Waals surface area contributed by atoms with Crippen LogP contribution in [0.25, 0.3) is 0 Å². The topological polar surface area (TPSA) is 211 Å². The van der Waals surface area contributed by atoms with E-state index in [1.165, 1.54) is 33.3 Å². The summed E-state index contributed by atoms with van der Waals surface area (Å²) in [5.41, 5.74) is -0.0391. The molecule has 260 valence electrons. The number of amides is 1. The average Bonchev–Trinajstić information content (AvgIpc) is 2.94. The van der Waals surface area contributed by atoms with Crippen molar-refractivity contribution >= 4 is 17.8 Å². The SMILES string of the molecule is COC(COC(=O)CC12CC3CC(CC(C3)C1)C2)C(O)C(OC[C@@H](O)C(O)C(OC(C)C)C(OC)C(=O)O)[C@@H](CO)NC(C)=O. The summed E-state index contributed by atoms with van der Waals surface area (Å²) in [7, 11) is 2.42. The van der Waals surface area contributed by atoms with Crippen molar-refractivity contribution in [3.8, 4) is 0 Å². The molecule has 0 aromatic carbocycles. The number of aliphatic hydroxyl groups is 4. The Morgan fingerprint density at radius 2 is 1.47 bits per heavy atom. The third-order valence-electron chi connectivity index (χ3n) is 9.51. The Balaban J connectivity index is 1.67. The van der Waals surface area contributed by atoms with E-state index in [4.69, 9.17) is 23.7 Å². The van der Waals surface area contributed by atoms with Gasteiger partial charge in [-0.15, -0.1) is 0 Å². The van der Waals surface area contributed by atoms with E-state index >= 15 is 0 Å². The van der Waals surface area contributed by atoms with Gasteiger partial charge in [-0.25, -0.2) is 4.79 Å². The zero-order chi connectivity index (χ0) is 33.5. The molecule has 0 aromatic rings. The first-order valence-corrected chi connectivity index (χ1v) is 15.9. The van der Waals surface area contributed by atoms with Crippen LogP contribution in [0.2, 0.25) is 0 Å². The van der Waals surface area contributed by atoms with Crippen molar-refractivity contribution in [3.63, 3.8) is 0 Å². The first-order valence-electron chi connectivity index (χ1n) is 15.9. The molecule has 4 rings (SSSR count). The van der Waals surface area contributed by atoms with Gasteiger partial charge in [-0.3, -0.25) is 9.59 Å². The number of hydrogen-bond donors (Lipinski definition) is 6. The lowest BCUT2D eigenvalue weighted by Gasteiger charge is -2.56. The molecule has 4 aliphatic carbocycles. The van der Waals surface area contributed by atoms with Gasteiger partial charge in [-0.05, 0) is 75.5 Å². The van der Waals surface area contributed by atoms with E-state index < -0.39 is 80.0 Å². The average molecular weight is 648 g/mol. The van der Waals surface area contributed by atoms with Crippen molar-refractivity contribution in [2.75, 3.05) is 34.0 Å². The van der Waals surface area contributed by atoms with E-state index in [-0.39, 0.29) is 18.0 Å². The lowest BCUT2D eigenvalue weighted by molar-refractivity contribution is -0.192. The number of rotatable bonds is 20. The quantitative estimate of drug-likeness (QED) is 0.0963. The molecule has 0 saturated heterocycles. The fourth-order valence-corrected chi connectivity index (χ4v) is 8.05. The van der Waals surface area contributed by atoms with E-state index in [2.05, 4.69) is 5.32 Å². The lowest BCUT2D eigenvalue weighted by Crippen LogP contribution is -2.57. The number of aliphatic hydroxyl groups excluding tert-OH is 4. The second kappa shape index (κ2) is 16.8. The number of carbonyl (C=O) groups is 3. The number of carbonyl (C=O) groups excluding carboxylic acids is 2. The molecule has 45 heavy (non-hydrogen) atoms. The van der Waals surface area contributed by atoms with Gasteiger partial charge in [-0.2, -0.15) is 0 Å². The molecule has 8 atom stereocenters. The molecule has 4 bridgehead atoms. The number of nitrogens with one attached hydrogen (secondary N) is 1. The molecule has 6 unspecified atom stereocenters. The monoisotopic (exact) mass is 647 g/mol. The van der Waals surface area contributed by atoms with Gasteiger partial charge < -0.3 is 54.5 Å². The fraction of sp³-hybridized carbons (Fsp3) is 0.903. The van der Waals surface area contributed by atoms with Crippen LogP contribution in [-0.4, -0.2) is 132 Å². The normalized spacial score (nSPS) is 29.3. The third kappa shape index (κ3) is 10.0. The summed E-state index contributed by atoms with van der Waals surface area (Å²) >= 11 is 0. The fourth-order valence-electron chi connectivity index (χ4n) is 8.05. The minimum atomic E-state index is -1.80. The highest BCUT2D eigenvalue weighted by Gasteiger charge is 2.52. The second-order valence-electron chi connectivity index (χ2n) is 13.5. The number of carboxylic acid groups (broad SMARTS) is 1. The van der Waals surface area contributed by atoms with Gasteiger partial charge in [-0.1, -0.05) is 0 Å². The Hall–Kier alpha value is -1.91. The Morgan fingerprint density at radius 1 is 0.889 bits per heavy atom. The van der Waals surface area contributed by atoms with E-state index in [1.807, 2.05) is 0 Å². The van der Waals surface area contributed by atoms with Crippen LogP contribution in [0, 0.1) is 23.2 Å². The van der Waals surface area contributed by atoms with Crippen LogP contribution in [0.5, 0.6) is 0 Å². The van der Waals surface area contributed by atoms with Crippen LogP contribution < -0.4 is 5.32 Å². The van der Waals surface area contributed by atoms with Crippen molar-refractivity contribution in [2.45, 2.75) is 121 Å². The minimum Gasteiger partial charge on any atom is -0.479 e. The molecule has 4 aliphatic rings. The van der Waals surface area contributed by atoms with Crippen molar-refractivity contribution in [2.24, 2.45) is 23.2 Å². The molecule has 14 nitrogen and oxygen atoms in total. The maximum atomic E-state index is 13.0. The van der Waals surface area contributed by atoms with E-state index in [0.717, 1.165) is 26.4 Å². The number of aliphatic carboxylic acids is 1. The zero-order valence-electron chi connectivity index (χ0n) is 27.0. The largest absolute Gasteiger partial charge is 0.479 e. The van der Waals surface area contributed by atoms with E-state index in [9.17, 15) is 39.9 Å². The highest BCUT2D eigenvalue weighted by Crippen LogP contribution is 2.61. The molecule has 4 saturated carbocycles. The number of methoxy groups -OCH3 is 2. The van der Waals surface area contributed by atoms with Crippen LogP contribution in [0.15, 0.2) is 0 Å². The maximum absolute atomic E-state index is 13.0. The molecule has 6 N–H and O–H groups in total. The number of hydrogen-bond acceptors (Lipinski definition) is 12. The molecule has 0 heterocycles. The lowest BCUT2D eigenvalue weighted by atomic mass is 9.49. The first kappa shape index (κ1) is 37.5. The Labute approximate surface area is 264 Å². The summed E-state index contributed by atoms with van der Waals surface area (Å²) < 4.78 is 27.3. The van der Waals surface area contributed by atoms with Gasteiger partial charge in [0.25, 0.3) is 0 Å². The van der Waals surface area contributed by atoms with Crippen LogP contribution in [0.3, 0.4) is 0 Å². The van der Waals surface area contributed by atoms with Gasteiger partial charge in [0.15, 0.2) is 6.10 Å². The van der Waals surface area contributed by atoms with Crippen LogP contribution in [0.1, 0.15) is 65.7 Å². The van der Waals surface area contributed by atoms with Gasteiger partial charge in [0.05, 0.1) is 31.8 Å². The van der Waals surface area contributed by atoms with Gasteiger partial charge in [0.1, 0.15) is 43.2 Å². The third-order valence-corrected chi connectivity index (χ3v) is 9.51. The van der Waals surface area contributed by atoms with Crippen molar-refractivity contribution in [1.82, 2.24) is 5.32 Å². The molecular weight excluding hydrogens is 594 g/mol. The molecule has 0 spiro atoms. The molecule has 0 radical (unpaired) electrons. The maximum Gasteiger partial charge on any atom is 0.335 e. The Bertz CT molecular complexity index is 942. The molecule has 14 heteroatoms. The zero-order valence-corrected chi connectivity index (χ0v) is 27.0. The molecule has 0 aliphatic heterocycles. The molecular formula is C31H53NO13. The van der Waals surface area contributed by atoms with Crippen LogP contribution in [0.4, 0.5) is 0 Å². The first-order chi connectivity index (χ1) is 21.2. The van der Waals surface area contributed by atoms with Gasteiger partial charge >= 0.3 is 11.9 Å². The molecule has 1 amide bonds.